The number of nitrogens with one attached hydrogen (secondary N) is 1. The van der Waals surface area contributed by atoms with Gasteiger partial charge >= 0.3 is 0 Å². The van der Waals surface area contributed by atoms with Crippen molar-refractivity contribution >= 4 is 5.91 Å². The molecule has 1 N–H and O–H groups in total. The lowest BCUT2D eigenvalue weighted by Crippen LogP contribution is -2.50. The fourth-order valence-corrected chi connectivity index (χ4v) is 2.45. The Balaban J connectivity index is 2.57. The van der Waals surface area contributed by atoms with Crippen LogP contribution >= 0.6 is 0 Å². The molecular weight excluding hydrogens is 212 g/mol. The zero-order chi connectivity index (χ0) is 12.8. The topological polar surface area (TPSA) is 32.3 Å². The van der Waals surface area contributed by atoms with Gasteiger partial charge in [-0.15, -0.1) is 0 Å². The summed E-state index contributed by atoms with van der Waals surface area (Å²) in [5.41, 5.74) is 1.04. The number of nitrogens with zero attached hydrogens (tertiary/aromatic N) is 1. The summed E-state index contributed by atoms with van der Waals surface area (Å²) in [6, 6.07) is 0.0213. The van der Waals surface area contributed by atoms with Crippen LogP contribution in [0.15, 0.2) is 12.2 Å². The molecule has 0 aromatic carbocycles. The summed E-state index contributed by atoms with van der Waals surface area (Å²) in [5, 5.41) is 3.35. The highest BCUT2D eigenvalue weighted by Crippen LogP contribution is 2.20. The molecule has 0 spiro atoms. The molecule has 1 saturated heterocycles. The van der Waals surface area contributed by atoms with Crippen molar-refractivity contribution in [3.63, 3.8) is 0 Å². The monoisotopic (exact) mass is 238 g/mol. The summed E-state index contributed by atoms with van der Waals surface area (Å²) >= 11 is 0. The highest BCUT2D eigenvalue weighted by molar-refractivity contribution is 5.82. The predicted molar refractivity (Wildman–Crippen MR) is 71.9 cm³/mol. The van der Waals surface area contributed by atoms with Crippen LogP contribution in [-0.2, 0) is 4.79 Å². The van der Waals surface area contributed by atoms with Crippen molar-refractivity contribution in [1.29, 1.82) is 0 Å². The van der Waals surface area contributed by atoms with Gasteiger partial charge < -0.3 is 10.2 Å². The number of hydrogen-bond donors (Lipinski definition) is 1. The van der Waals surface area contributed by atoms with E-state index in [0.29, 0.717) is 12.5 Å². The van der Waals surface area contributed by atoms with Gasteiger partial charge in [0.25, 0.3) is 0 Å². The zero-order valence-corrected chi connectivity index (χ0v) is 11.5. The van der Waals surface area contributed by atoms with E-state index in [1.807, 2.05) is 18.7 Å². The van der Waals surface area contributed by atoms with Crippen molar-refractivity contribution in [1.82, 2.24) is 10.2 Å². The molecule has 0 saturated carbocycles. The van der Waals surface area contributed by atoms with E-state index in [9.17, 15) is 4.79 Å². The molecule has 3 nitrogen and oxygen atoms in total. The summed E-state index contributed by atoms with van der Waals surface area (Å²) < 4.78 is 0. The highest BCUT2D eigenvalue weighted by Gasteiger charge is 2.28. The molecule has 1 amide bonds. The molecule has 2 unspecified atom stereocenters. The first kappa shape index (κ1) is 14.2. The summed E-state index contributed by atoms with van der Waals surface area (Å²) in [6.07, 6.45) is 3.37. The van der Waals surface area contributed by atoms with Crippen molar-refractivity contribution < 1.29 is 4.79 Å². The van der Waals surface area contributed by atoms with E-state index in [4.69, 9.17) is 0 Å². The minimum atomic E-state index is 0.0213. The van der Waals surface area contributed by atoms with Crippen molar-refractivity contribution in [2.45, 2.75) is 46.1 Å². The largest absolute Gasteiger partial charge is 0.338 e. The fourth-order valence-electron chi connectivity index (χ4n) is 2.45. The molecule has 98 valence electrons. The third-order valence-corrected chi connectivity index (χ3v) is 3.54. The Morgan fingerprint density at radius 3 is 2.71 bits per heavy atom. The average molecular weight is 238 g/mol. The second-order valence-corrected chi connectivity index (χ2v) is 5.11. The second-order valence-electron chi connectivity index (χ2n) is 5.11. The summed E-state index contributed by atoms with van der Waals surface area (Å²) in [4.78, 5) is 14.2. The summed E-state index contributed by atoms with van der Waals surface area (Å²) in [6.45, 7) is 12.5. The molecular formula is C14H26N2O. The summed E-state index contributed by atoms with van der Waals surface area (Å²) in [7, 11) is 0. The smallest absolute Gasteiger partial charge is 0.239 e. The molecule has 17 heavy (non-hydrogen) atoms. The van der Waals surface area contributed by atoms with Crippen LogP contribution in [0.4, 0.5) is 0 Å². The molecule has 0 bridgehead atoms. The lowest BCUT2D eigenvalue weighted by Gasteiger charge is -2.33. The van der Waals surface area contributed by atoms with Gasteiger partial charge in [0.1, 0.15) is 0 Å². The van der Waals surface area contributed by atoms with E-state index in [-0.39, 0.29) is 11.9 Å². The molecule has 1 aliphatic rings. The molecule has 3 heteroatoms. The van der Waals surface area contributed by atoms with Gasteiger partial charge in [0, 0.05) is 13.1 Å². The number of hydrogen-bond acceptors (Lipinski definition) is 2. The van der Waals surface area contributed by atoms with E-state index < -0.39 is 0 Å². The zero-order valence-electron chi connectivity index (χ0n) is 11.5. The Bertz CT molecular complexity index is 275. The van der Waals surface area contributed by atoms with Crippen LogP contribution in [0.2, 0.25) is 0 Å². The van der Waals surface area contributed by atoms with Gasteiger partial charge in [0.05, 0.1) is 6.04 Å². The molecule has 0 aromatic rings. The van der Waals surface area contributed by atoms with Crippen molar-refractivity contribution in [3.05, 3.63) is 12.2 Å². The molecule has 1 rings (SSSR count). The third kappa shape index (κ3) is 4.15. The summed E-state index contributed by atoms with van der Waals surface area (Å²) in [5.74, 6) is 0.947. The Hall–Kier alpha value is -0.830. The molecule has 2 atom stereocenters. The van der Waals surface area contributed by atoms with E-state index in [1.165, 1.54) is 12.8 Å². The van der Waals surface area contributed by atoms with Gasteiger partial charge in [-0.05, 0) is 39.2 Å². The minimum absolute atomic E-state index is 0.0213. The molecule has 1 heterocycles. The third-order valence-electron chi connectivity index (χ3n) is 3.54. The maximum Gasteiger partial charge on any atom is 0.239 e. The highest BCUT2D eigenvalue weighted by atomic mass is 16.2. The SMILES string of the molecule is C=C(C)CN(CC)C(=O)C1CC(CC)CCN1. The van der Waals surface area contributed by atoms with Crippen LogP contribution in [0.1, 0.15) is 40.0 Å². The number of likely N-dealkylation sites (N-methyl/N-ethyl adjacent to an activating group) is 1. The molecule has 0 aromatic heterocycles. The maximum absolute atomic E-state index is 12.3. The lowest BCUT2D eigenvalue weighted by atomic mass is 9.90. The Labute approximate surface area is 105 Å². The fraction of sp³-hybridized carbons (Fsp3) is 0.786. The lowest BCUT2D eigenvalue weighted by molar-refractivity contribution is -0.133. The molecule has 0 aliphatic carbocycles. The van der Waals surface area contributed by atoms with E-state index >= 15 is 0 Å². The first-order chi connectivity index (χ1) is 8.08. The van der Waals surface area contributed by atoms with Gasteiger partial charge in [-0.1, -0.05) is 25.5 Å². The van der Waals surface area contributed by atoms with Crippen LogP contribution in [-0.4, -0.2) is 36.5 Å². The number of rotatable bonds is 5. The number of carbonyl (C=O) groups is 1. The van der Waals surface area contributed by atoms with Crippen LogP contribution in [0.5, 0.6) is 0 Å². The Morgan fingerprint density at radius 1 is 1.47 bits per heavy atom. The van der Waals surface area contributed by atoms with Crippen molar-refractivity contribution in [2.75, 3.05) is 19.6 Å². The Kier molecular flexibility index (Phi) is 5.69. The standard InChI is InChI=1S/C14H26N2O/c1-5-12-7-8-15-13(9-12)14(17)16(6-2)10-11(3)4/h12-13,15H,3,5-10H2,1-2,4H3. The van der Waals surface area contributed by atoms with Gasteiger partial charge in [0.15, 0.2) is 0 Å². The predicted octanol–water partition coefficient (Wildman–Crippen LogP) is 2.19. The van der Waals surface area contributed by atoms with Crippen LogP contribution in [0, 0.1) is 5.92 Å². The Morgan fingerprint density at radius 2 is 2.18 bits per heavy atom. The van der Waals surface area contributed by atoms with Gasteiger partial charge in [-0.3, -0.25) is 4.79 Å². The number of amides is 1. The first-order valence-electron chi connectivity index (χ1n) is 6.75. The maximum atomic E-state index is 12.3. The van der Waals surface area contributed by atoms with Crippen LogP contribution in [0.25, 0.3) is 0 Å². The van der Waals surface area contributed by atoms with Gasteiger partial charge in [-0.2, -0.15) is 0 Å². The number of piperidine rings is 1. The first-order valence-corrected chi connectivity index (χ1v) is 6.75. The van der Waals surface area contributed by atoms with E-state index in [0.717, 1.165) is 25.1 Å². The average Bonchev–Trinajstić information content (AvgIpc) is 2.35. The minimum Gasteiger partial charge on any atom is -0.338 e. The van der Waals surface area contributed by atoms with Gasteiger partial charge in [0.2, 0.25) is 5.91 Å². The van der Waals surface area contributed by atoms with Crippen molar-refractivity contribution in [2.24, 2.45) is 5.92 Å². The van der Waals surface area contributed by atoms with E-state index in [2.05, 4.69) is 18.8 Å². The van der Waals surface area contributed by atoms with Crippen LogP contribution < -0.4 is 5.32 Å². The second kappa shape index (κ2) is 6.80. The number of carbonyl (C=O) groups excluding carboxylic acids is 1. The van der Waals surface area contributed by atoms with Crippen molar-refractivity contribution in [3.8, 4) is 0 Å². The molecule has 1 fully saturated rings. The quantitative estimate of drug-likeness (QED) is 0.745. The molecule has 0 radical (unpaired) electrons. The normalized spacial score (nSPS) is 24.4. The molecule has 1 aliphatic heterocycles. The van der Waals surface area contributed by atoms with E-state index in [1.54, 1.807) is 0 Å². The van der Waals surface area contributed by atoms with Crippen LogP contribution in [0.3, 0.4) is 0 Å². The van der Waals surface area contributed by atoms with Gasteiger partial charge in [-0.25, -0.2) is 0 Å².